The second-order valence-electron chi connectivity index (χ2n) is 9.94. The van der Waals surface area contributed by atoms with Crippen molar-refractivity contribution in [3.63, 3.8) is 0 Å². The molecule has 2 atom stereocenters. The predicted molar refractivity (Wildman–Crippen MR) is 129 cm³/mol. The van der Waals surface area contributed by atoms with Gasteiger partial charge >= 0.3 is 18.2 Å². The molecule has 1 saturated heterocycles. The average Bonchev–Trinajstić information content (AvgIpc) is 3.16. The number of aromatic nitrogens is 2. The number of nitrogens with zero attached hydrogens (tertiary/aromatic N) is 4. The summed E-state index contributed by atoms with van der Waals surface area (Å²) in [6.45, 7) is 1.08. The molecular formula is C26H28F3N5O4. The highest BCUT2D eigenvalue weighted by atomic mass is 19.4. The van der Waals surface area contributed by atoms with Crippen LogP contribution in [0, 0.1) is 5.92 Å². The van der Waals surface area contributed by atoms with E-state index in [-0.39, 0.29) is 30.7 Å². The fourth-order valence-electron chi connectivity index (χ4n) is 5.46. The summed E-state index contributed by atoms with van der Waals surface area (Å²) in [6.07, 6.45) is 0.457. The Bertz CT molecular complexity index is 1290. The Balaban J connectivity index is 1.27. The molecule has 1 fully saturated rings. The number of carboxylic acid groups (broad SMARTS) is 1. The van der Waals surface area contributed by atoms with E-state index < -0.39 is 29.7 Å². The third-order valence-electron chi connectivity index (χ3n) is 7.32. The van der Waals surface area contributed by atoms with Gasteiger partial charge in [0.2, 0.25) is 0 Å². The van der Waals surface area contributed by atoms with Crippen LogP contribution in [-0.4, -0.2) is 55.2 Å². The molecule has 9 nitrogen and oxygen atoms in total. The molecule has 12 heteroatoms. The fourth-order valence-corrected chi connectivity index (χ4v) is 5.46. The normalized spacial score (nSPS) is 21.3. The average molecular weight is 532 g/mol. The Morgan fingerprint density at radius 1 is 1.13 bits per heavy atom. The van der Waals surface area contributed by atoms with Crippen LogP contribution >= 0.6 is 0 Å². The minimum Gasteiger partial charge on any atom is -0.481 e. The second kappa shape index (κ2) is 10.1. The number of carboxylic acids is 1. The quantitative estimate of drug-likeness (QED) is 0.620. The van der Waals surface area contributed by atoms with Crippen LogP contribution in [0.5, 0.6) is 0 Å². The molecule has 202 valence electrons. The van der Waals surface area contributed by atoms with Gasteiger partial charge < -0.3 is 20.2 Å². The van der Waals surface area contributed by atoms with E-state index in [1.54, 1.807) is 26.6 Å². The van der Waals surface area contributed by atoms with Crippen LogP contribution in [0.15, 0.2) is 42.1 Å². The number of allylic oxidation sites excluding steroid dienone is 1. The summed E-state index contributed by atoms with van der Waals surface area (Å²) in [4.78, 5) is 41.1. The lowest BCUT2D eigenvalue weighted by atomic mass is 9.84. The van der Waals surface area contributed by atoms with Gasteiger partial charge in [0.25, 0.3) is 5.91 Å². The van der Waals surface area contributed by atoms with E-state index in [2.05, 4.69) is 10.4 Å². The maximum atomic E-state index is 13.5. The molecule has 1 aromatic heterocycles. The van der Waals surface area contributed by atoms with Gasteiger partial charge in [-0.05, 0) is 55.9 Å². The molecule has 38 heavy (non-hydrogen) atoms. The number of alkyl halides is 3. The smallest absolute Gasteiger partial charge is 0.416 e. The number of halogens is 3. The lowest BCUT2D eigenvalue weighted by Crippen LogP contribution is -2.47. The first-order chi connectivity index (χ1) is 18.1. The number of carbonyl (C=O) groups excluding carboxylic acids is 2. The summed E-state index contributed by atoms with van der Waals surface area (Å²) in [5.74, 6) is -1.76. The monoisotopic (exact) mass is 531 g/mol. The largest absolute Gasteiger partial charge is 0.481 e. The molecular weight excluding hydrogens is 503 g/mol. The van der Waals surface area contributed by atoms with Crippen LogP contribution in [0.3, 0.4) is 0 Å². The lowest BCUT2D eigenvalue weighted by Gasteiger charge is -2.42. The zero-order valence-electron chi connectivity index (χ0n) is 20.6. The zero-order chi connectivity index (χ0) is 27.0. The van der Waals surface area contributed by atoms with Gasteiger partial charge in [0.1, 0.15) is 0 Å². The van der Waals surface area contributed by atoms with Crippen molar-refractivity contribution in [2.24, 2.45) is 5.92 Å². The summed E-state index contributed by atoms with van der Waals surface area (Å²) in [7, 11) is 0. The third-order valence-corrected chi connectivity index (χ3v) is 7.32. The predicted octanol–water partition coefficient (Wildman–Crippen LogP) is 4.00. The number of amides is 3. The van der Waals surface area contributed by atoms with E-state index in [4.69, 9.17) is 0 Å². The van der Waals surface area contributed by atoms with E-state index in [1.165, 1.54) is 12.1 Å². The molecule has 0 saturated carbocycles. The summed E-state index contributed by atoms with van der Waals surface area (Å²) in [6, 6.07) is 5.90. The Labute approximate surface area is 216 Å². The summed E-state index contributed by atoms with van der Waals surface area (Å²) in [5.41, 5.74) is 1.22. The summed E-state index contributed by atoms with van der Waals surface area (Å²) < 4.78 is 40.6. The molecule has 4 heterocycles. The molecule has 3 aliphatic rings. The van der Waals surface area contributed by atoms with Crippen LogP contribution in [0.2, 0.25) is 0 Å². The summed E-state index contributed by atoms with van der Waals surface area (Å²) in [5, 5.41) is 16.6. The number of urea groups is 1. The Morgan fingerprint density at radius 3 is 2.68 bits per heavy atom. The molecule has 2 N–H and O–H groups in total. The van der Waals surface area contributed by atoms with Crippen LogP contribution in [0.25, 0.3) is 0 Å². The first kappa shape index (κ1) is 25.8. The third kappa shape index (κ3) is 5.25. The number of hydrogen-bond acceptors (Lipinski definition) is 4. The number of fused-ring (bicyclic) bond motifs is 3. The van der Waals surface area contributed by atoms with Gasteiger partial charge in [-0.2, -0.15) is 18.3 Å². The minimum absolute atomic E-state index is 0.0505. The number of aryl methyl sites for hydroxylation is 1. The van der Waals surface area contributed by atoms with Crippen LogP contribution in [0.4, 0.5) is 18.0 Å². The highest BCUT2D eigenvalue weighted by Gasteiger charge is 2.39. The zero-order valence-corrected chi connectivity index (χ0v) is 20.6. The molecule has 3 amide bonds. The van der Waals surface area contributed by atoms with E-state index in [9.17, 15) is 32.7 Å². The molecule has 0 radical (unpaired) electrons. The molecule has 2 bridgehead atoms. The van der Waals surface area contributed by atoms with Gasteiger partial charge in [-0.25, -0.2) is 4.79 Å². The molecule has 0 aliphatic carbocycles. The highest BCUT2D eigenvalue weighted by molar-refractivity contribution is 5.94. The Hall–Kier alpha value is -3.83. The topological polar surface area (TPSA) is 108 Å². The number of carbonyl (C=O) groups is 3. The van der Waals surface area contributed by atoms with Gasteiger partial charge in [0.05, 0.1) is 23.7 Å². The van der Waals surface area contributed by atoms with Gasteiger partial charge in [-0.15, -0.1) is 0 Å². The van der Waals surface area contributed by atoms with Crippen LogP contribution in [0.1, 0.15) is 59.4 Å². The van der Waals surface area contributed by atoms with Crippen molar-refractivity contribution in [1.82, 2.24) is 24.9 Å². The maximum absolute atomic E-state index is 13.5. The van der Waals surface area contributed by atoms with Crippen molar-refractivity contribution in [3.8, 4) is 0 Å². The Morgan fingerprint density at radius 2 is 1.95 bits per heavy atom. The van der Waals surface area contributed by atoms with Crippen molar-refractivity contribution >= 4 is 17.9 Å². The number of aliphatic carboxylic acids is 1. The van der Waals surface area contributed by atoms with E-state index in [0.29, 0.717) is 43.6 Å². The van der Waals surface area contributed by atoms with Gasteiger partial charge in [0.15, 0.2) is 5.69 Å². The highest BCUT2D eigenvalue weighted by Crippen LogP contribution is 2.37. The van der Waals surface area contributed by atoms with Crippen molar-refractivity contribution < 1.29 is 32.7 Å². The molecule has 3 aliphatic heterocycles. The standard InChI is InChI=1S/C26H28F3N5O4/c27-26(28,29)18-5-1-4-16(10-18)14-30-25(38)32-8-3-9-33-21(15-32)13-22(31-33)23(35)34-19-6-2-7-20(34)12-17(11-19)24(36)37/h1,4-5,10-11,13,17,20H,2-3,6-9,12,14-15H2,(H,30,38)(H,36,37). The van der Waals surface area contributed by atoms with Crippen molar-refractivity contribution in [3.05, 3.63) is 64.6 Å². The fraction of sp³-hybridized carbons (Fsp3) is 0.462. The molecule has 5 rings (SSSR count). The maximum Gasteiger partial charge on any atom is 0.416 e. The summed E-state index contributed by atoms with van der Waals surface area (Å²) >= 11 is 0. The number of benzene rings is 1. The number of rotatable bonds is 4. The van der Waals surface area contributed by atoms with Crippen molar-refractivity contribution in [1.29, 1.82) is 0 Å². The Kier molecular flexibility index (Phi) is 6.89. The number of piperidine rings is 1. The van der Waals surface area contributed by atoms with Crippen molar-refractivity contribution in [2.75, 3.05) is 6.54 Å². The molecule has 2 unspecified atom stereocenters. The molecule has 0 spiro atoms. The first-order valence-corrected chi connectivity index (χ1v) is 12.6. The first-order valence-electron chi connectivity index (χ1n) is 12.6. The molecule has 2 aromatic rings. The van der Waals surface area contributed by atoms with E-state index >= 15 is 0 Å². The van der Waals surface area contributed by atoms with Gasteiger partial charge in [-0.3, -0.25) is 14.3 Å². The van der Waals surface area contributed by atoms with E-state index in [0.717, 1.165) is 30.7 Å². The van der Waals surface area contributed by atoms with Crippen LogP contribution < -0.4 is 5.32 Å². The molecule has 1 aromatic carbocycles. The minimum atomic E-state index is -4.46. The number of nitrogens with one attached hydrogen (secondary N) is 1. The van der Waals surface area contributed by atoms with Gasteiger partial charge in [0, 0.05) is 31.4 Å². The van der Waals surface area contributed by atoms with Crippen molar-refractivity contribution in [2.45, 2.75) is 64.0 Å². The lowest BCUT2D eigenvalue weighted by molar-refractivity contribution is -0.141. The van der Waals surface area contributed by atoms with Gasteiger partial charge in [-0.1, -0.05) is 18.2 Å². The van der Waals surface area contributed by atoms with E-state index in [1.807, 2.05) is 0 Å². The SMILES string of the molecule is O=C(O)C1C=C2CCCC(C1)N2C(=O)c1cc2n(n1)CCCN(C(=O)NCc1cccc(C(F)(F)F)c1)C2. The van der Waals surface area contributed by atoms with Crippen LogP contribution in [-0.2, 0) is 30.6 Å². The number of hydrogen-bond donors (Lipinski definition) is 2. The second-order valence-corrected chi connectivity index (χ2v) is 9.94.